The van der Waals surface area contributed by atoms with E-state index in [0.717, 1.165) is 29.7 Å². The van der Waals surface area contributed by atoms with Crippen molar-refractivity contribution in [2.45, 2.75) is 6.92 Å². The summed E-state index contributed by atoms with van der Waals surface area (Å²) in [5.41, 5.74) is 1.22. The average Bonchev–Trinajstić information content (AvgIpc) is 2.97. The number of aromatic nitrogens is 1. The highest BCUT2D eigenvalue weighted by Crippen LogP contribution is 2.24. The summed E-state index contributed by atoms with van der Waals surface area (Å²) in [5.74, 6) is -0.135. The van der Waals surface area contributed by atoms with Gasteiger partial charge in [-0.05, 0) is 26.1 Å². The first kappa shape index (κ1) is 15.6. The SMILES string of the molecule is CCOc1ccc2c(C(=O)C(=O)N3CCN(C)CC3)c[nH]c2c1. The lowest BCUT2D eigenvalue weighted by atomic mass is 10.1. The van der Waals surface area contributed by atoms with Gasteiger partial charge in [0.25, 0.3) is 11.7 Å². The second-order valence-electron chi connectivity index (χ2n) is 5.77. The third-order valence-electron chi connectivity index (χ3n) is 4.19. The molecule has 0 saturated carbocycles. The fourth-order valence-corrected chi connectivity index (χ4v) is 2.82. The molecule has 0 aliphatic carbocycles. The van der Waals surface area contributed by atoms with E-state index in [4.69, 9.17) is 4.74 Å². The number of Topliss-reactive ketones (excluding diaryl/α,β-unsaturated/α-hetero) is 1. The van der Waals surface area contributed by atoms with Crippen molar-refractivity contribution in [3.05, 3.63) is 30.0 Å². The topological polar surface area (TPSA) is 65.6 Å². The van der Waals surface area contributed by atoms with Gasteiger partial charge in [-0.15, -0.1) is 0 Å². The number of ketones is 1. The first-order chi connectivity index (χ1) is 11.1. The lowest BCUT2D eigenvalue weighted by Gasteiger charge is -2.31. The van der Waals surface area contributed by atoms with E-state index in [2.05, 4.69) is 9.88 Å². The molecule has 0 unspecified atom stereocenters. The molecule has 1 fully saturated rings. The van der Waals surface area contributed by atoms with Gasteiger partial charge in [0.1, 0.15) is 5.75 Å². The highest BCUT2D eigenvalue weighted by atomic mass is 16.5. The number of ether oxygens (including phenoxy) is 1. The second kappa shape index (κ2) is 6.42. The van der Waals surface area contributed by atoms with Crippen LogP contribution >= 0.6 is 0 Å². The molecule has 2 aromatic rings. The Morgan fingerprint density at radius 2 is 1.96 bits per heavy atom. The molecular formula is C17H21N3O3. The predicted molar refractivity (Wildman–Crippen MR) is 87.9 cm³/mol. The third kappa shape index (κ3) is 3.07. The molecule has 2 heterocycles. The Morgan fingerprint density at radius 3 is 2.65 bits per heavy atom. The van der Waals surface area contributed by atoms with E-state index < -0.39 is 11.7 Å². The van der Waals surface area contributed by atoms with Crippen molar-refractivity contribution in [3.8, 4) is 5.75 Å². The number of fused-ring (bicyclic) bond motifs is 1. The lowest BCUT2D eigenvalue weighted by molar-refractivity contribution is -0.127. The summed E-state index contributed by atoms with van der Waals surface area (Å²) in [7, 11) is 2.01. The summed E-state index contributed by atoms with van der Waals surface area (Å²) in [6, 6.07) is 5.48. The Hall–Kier alpha value is -2.34. The summed E-state index contributed by atoms with van der Waals surface area (Å²) in [5, 5.41) is 0.751. The fourth-order valence-electron chi connectivity index (χ4n) is 2.82. The number of benzene rings is 1. The summed E-state index contributed by atoms with van der Waals surface area (Å²) in [4.78, 5) is 31.8. The molecule has 122 valence electrons. The van der Waals surface area contributed by atoms with Gasteiger partial charge in [0.15, 0.2) is 0 Å². The van der Waals surface area contributed by atoms with Crippen LogP contribution in [-0.2, 0) is 4.79 Å². The van der Waals surface area contributed by atoms with Crippen molar-refractivity contribution < 1.29 is 14.3 Å². The van der Waals surface area contributed by atoms with Crippen LogP contribution in [-0.4, -0.2) is 66.3 Å². The maximum Gasteiger partial charge on any atom is 0.295 e. The monoisotopic (exact) mass is 315 g/mol. The Kier molecular flexibility index (Phi) is 4.34. The number of hydrogen-bond acceptors (Lipinski definition) is 4. The number of hydrogen-bond donors (Lipinski definition) is 1. The Bertz CT molecular complexity index is 730. The van der Waals surface area contributed by atoms with Gasteiger partial charge in [0.2, 0.25) is 0 Å². The molecule has 1 saturated heterocycles. The van der Waals surface area contributed by atoms with E-state index in [-0.39, 0.29) is 0 Å². The zero-order valence-electron chi connectivity index (χ0n) is 13.5. The van der Waals surface area contributed by atoms with Crippen molar-refractivity contribution in [2.75, 3.05) is 39.8 Å². The van der Waals surface area contributed by atoms with Gasteiger partial charge in [-0.1, -0.05) is 0 Å². The van der Waals surface area contributed by atoms with Crippen molar-refractivity contribution in [1.82, 2.24) is 14.8 Å². The summed E-state index contributed by atoms with van der Waals surface area (Å²) in [6.07, 6.45) is 1.61. The lowest BCUT2D eigenvalue weighted by Crippen LogP contribution is -2.49. The molecule has 6 heteroatoms. The number of H-pyrrole nitrogens is 1. The molecule has 1 N–H and O–H groups in total. The van der Waals surface area contributed by atoms with E-state index in [1.54, 1.807) is 11.1 Å². The molecule has 3 rings (SSSR count). The van der Waals surface area contributed by atoms with Crippen molar-refractivity contribution in [3.63, 3.8) is 0 Å². The number of nitrogens with one attached hydrogen (secondary N) is 1. The smallest absolute Gasteiger partial charge is 0.295 e. The molecule has 23 heavy (non-hydrogen) atoms. The second-order valence-corrected chi connectivity index (χ2v) is 5.77. The number of carbonyl (C=O) groups excluding carboxylic acids is 2. The number of likely N-dealkylation sites (N-methyl/N-ethyl adjacent to an activating group) is 1. The molecular weight excluding hydrogens is 294 g/mol. The number of aromatic amines is 1. The van der Waals surface area contributed by atoms with E-state index in [9.17, 15) is 9.59 Å². The molecule has 1 aliphatic heterocycles. The Morgan fingerprint density at radius 1 is 1.22 bits per heavy atom. The zero-order chi connectivity index (χ0) is 16.4. The van der Waals surface area contributed by atoms with Gasteiger partial charge in [-0.3, -0.25) is 9.59 Å². The Balaban J connectivity index is 1.82. The van der Waals surface area contributed by atoms with Gasteiger partial charge < -0.3 is 19.5 Å². The third-order valence-corrected chi connectivity index (χ3v) is 4.19. The van der Waals surface area contributed by atoms with Gasteiger partial charge in [0.05, 0.1) is 12.2 Å². The highest BCUT2D eigenvalue weighted by molar-refractivity contribution is 6.44. The van der Waals surface area contributed by atoms with Crippen LogP contribution in [0.5, 0.6) is 5.75 Å². The largest absolute Gasteiger partial charge is 0.494 e. The molecule has 6 nitrogen and oxygen atoms in total. The molecule has 0 spiro atoms. The van der Waals surface area contributed by atoms with Crippen LogP contribution < -0.4 is 4.74 Å². The van der Waals surface area contributed by atoms with E-state index >= 15 is 0 Å². The molecule has 1 aromatic heterocycles. The Labute approximate surface area is 135 Å². The van der Waals surface area contributed by atoms with Crippen LogP contribution in [0.25, 0.3) is 10.9 Å². The van der Waals surface area contributed by atoms with Crippen molar-refractivity contribution in [2.24, 2.45) is 0 Å². The minimum Gasteiger partial charge on any atom is -0.494 e. The predicted octanol–water partition coefficient (Wildman–Crippen LogP) is 1.52. The number of amides is 1. The zero-order valence-corrected chi connectivity index (χ0v) is 13.5. The van der Waals surface area contributed by atoms with Crippen LogP contribution in [0.15, 0.2) is 24.4 Å². The molecule has 1 amide bonds. The van der Waals surface area contributed by atoms with Gasteiger partial charge in [-0.2, -0.15) is 0 Å². The maximum absolute atomic E-state index is 12.6. The van der Waals surface area contributed by atoms with Crippen LogP contribution in [0.2, 0.25) is 0 Å². The highest BCUT2D eigenvalue weighted by Gasteiger charge is 2.27. The number of piperazine rings is 1. The number of nitrogens with zero attached hydrogens (tertiary/aromatic N) is 2. The fraction of sp³-hybridized carbons (Fsp3) is 0.412. The summed E-state index contributed by atoms with van der Waals surface area (Å²) < 4.78 is 5.45. The number of rotatable bonds is 4. The van der Waals surface area contributed by atoms with Crippen LogP contribution in [0.3, 0.4) is 0 Å². The van der Waals surface area contributed by atoms with E-state index in [1.165, 1.54) is 0 Å². The summed E-state index contributed by atoms with van der Waals surface area (Å²) in [6.45, 7) is 5.29. The maximum atomic E-state index is 12.6. The van der Waals surface area contributed by atoms with Gasteiger partial charge in [-0.25, -0.2) is 0 Å². The van der Waals surface area contributed by atoms with Gasteiger partial charge >= 0.3 is 0 Å². The minimum absolute atomic E-state index is 0.423. The van der Waals surface area contributed by atoms with E-state index in [0.29, 0.717) is 25.3 Å². The molecule has 1 aliphatic rings. The molecule has 1 aromatic carbocycles. The summed E-state index contributed by atoms with van der Waals surface area (Å²) >= 11 is 0. The first-order valence-corrected chi connectivity index (χ1v) is 7.86. The van der Waals surface area contributed by atoms with Crippen LogP contribution in [0, 0.1) is 0 Å². The minimum atomic E-state index is -0.454. The average molecular weight is 315 g/mol. The van der Waals surface area contributed by atoms with E-state index in [1.807, 2.05) is 32.2 Å². The van der Waals surface area contributed by atoms with Gasteiger partial charge in [0, 0.05) is 49.3 Å². The van der Waals surface area contributed by atoms with Crippen LogP contribution in [0.1, 0.15) is 17.3 Å². The molecule has 0 bridgehead atoms. The molecule has 0 radical (unpaired) electrons. The quantitative estimate of drug-likeness (QED) is 0.686. The number of carbonyl (C=O) groups is 2. The van der Waals surface area contributed by atoms with Crippen molar-refractivity contribution in [1.29, 1.82) is 0 Å². The normalized spacial score (nSPS) is 15.8. The molecule has 0 atom stereocenters. The first-order valence-electron chi connectivity index (χ1n) is 7.86. The van der Waals surface area contributed by atoms with Crippen molar-refractivity contribution >= 4 is 22.6 Å². The van der Waals surface area contributed by atoms with Crippen LogP contribution in [0.4, 0.5) is 0 Å². The standard InChI is InChI=1S/C17H21N3O3/c1-3-23-12-4-5-13-14(11-18-15(13)10-12)16(21)17(22)20-8-6-19(2)7-9-20/h4-5,10-11,18H,3,6-9H2,1-2H3.